The van der Waals surface area contributed by atoms with Crippen LogP contribution in [0.4, 0.5) is 15.8 Å². The number of halogens is 1. The molecule has 29 heavy (non-hydrogen) atoms. The van der Waals surface area contributed by atoms with Crippen molar-refractivity contribution in [1.29, 1.82) is 0 Å². The van der Waals surface area contributed by atoms with Crippen molar-refractivity contribution in [3.05, 3.63) is 88.0 Å². The summed E-state index contributed by atoms with van der Waals surface area (Å²) in [6.45, 7) is 0.200. The fourth-order valence-electron chi connectivity index (χ4n) is 2.59. The van der Waals surface area contributed by atoms with E-state index in [-0.39, 0.29) is 23.5 Å². The molecule has 0 radical (unpaired) electrons. The Bertz CT molecular complexity index is 1040. The summed E-state index contributed by atoms with van der Waals surface area (Å²) in [6.07, 6.45) is 3.06. The first kappa shape index (κ1) is 19.7. The highest BCUT2D eigenvalue weighted by molar-refractivity contribution is 6.00. The number of hydrogen-bond acceptors (Lipinski definition) is 6. The molecule has 1 aromatic heterocycles. The average Bonchev–Trinajstić information content (AvgIpc) is 2.74. The summed E-state index contributed by atoms with van der Waals surface area (Å²) in [7, 11) is 1.43. The lowest BCUT2D eigenvalue weighted by molar-refractivity contribution is -0.384. The maximum atomic E-state index is 14.4. The minimum atomic E-state index is -0.577. The summed E-state index contributed by atoms with van der Waals surface area (Å²) < 4.78 is 19.8. The van der Waals surface area contributed by atoms with E-state index in [1.54, 1.807) is 24.4 Å². The first-order valence-corrected chi connectivity index (χ1v) is 8.58. The molecular weight excluding hydrogens is 379 g/mol. The molecule has 0 atom stereocenters. The molecular formula is C20H17FN4O4. The minimum Gasteiger partial charge on any atom is -0.453 e. The topological polar surface area (TPSA) is 106 Å². The fraction of sp³-hybridized carbons (Fsp3) is 0.100. The zero-order chi connectivity index (χ0) is 20.8. The van der Waals surface area contributed by atoms with Crippen molar-refractivity contribution < 1.29 is 18.8 Å². The van der Waals surface area contributed by atoms with E-state index < -0.39 is 16.6 Å². The number of benzene rings is 2. The van der Waals surface area contributed by atoms with Gasteiger partial charge in [-0.15, -0.1) is 0 Å². The molecule has 148 valence electrons. The SMILES string of the molecule is CNC(=O)c1cc([N+](=O)[O-])ccc1NCc1ccc(Oc2cccnc2)c(F)c1. The van der Waals surface area contributed by atoms with Gasteiger partial charge in [0.1, 0.15) is 5.75 Å². The summed E-state index contributed by atoms with van der Waals surface area (Å²) in [5.74, 6) is -0.549. The number of nitro groups is 1. The van der Waals surface area contributed by atoms with Crippen molar-refractivity contribution in [2.24, 2.45) is 0 Å². The molecule has 0 spiro atoms. The van der Waals surface area contributed by atoms with Crippen molar-refractivity contribution in [3.8, 4) is 11.5 Å². The maximum Gasteiger partial charge on any atom is 0.270 e. The van der Waals surface area contributed by atoms with Gasteiger partial charge in [0.05, 0.1) is 16.7 Å². The quantitative estimate of drug-likeness (QED) is 0.463. The molecule has 3 aromatic rings. The van der Waals surface area contributed by atoms with E-state index in [0.717, 1.165) is 0 Å². The van der Waals surface area contributed by atoms with Crippen molar-refractivity contribution in [1.82, 2.24) is 10.3 Å². The van der Waals surface area contributed by atoms with Crippen LogP contribution in [0.5, 0.6) is 11.5 Å². The Kier molecular flexibility index (Phi) is 5.98. The number of rotatable bonds is 7. The number of non-ortho nitro benzene ring substituents is 1. The third-order valence-corrected chi connectivity index (χ3v) is 4.03. The molecule has 0 aliphatic heterocycles. The van der Waals surface area contributed by atoms with Gasteiger partial charge in [-0.05, 0) is 35.9 Å². The molecule has 0 saturated carbocycles. The van der Waals surface area contributed by atoms with E-state index in [4.69, 9.17) is 4.74 Å². The van der Waals surface area contributed by atoms with Gasteiger partial charge in [0.2, 0.25) is 0 Å². The van der Waals surface area contributed by atoms with Crippen molar-refractivity contribution in [3.63, 3.8) is 0 Å². The number of ether oxygens (including phenoxy) is 1. The summed E-state index contributed by atoms with van der Waals surface area (Å²) in [4.78, 5) is 26.3. The van der Waals surface area contributed by atoms with Crippen LogP contribution in [-0.2, 0) is 6.54 Å². The molecule has 8 nitrogen and oxygen atoms in total. The van der Waals surface area contributed by atoms with Gasteiger partial charge < -0.3 is 15.4 Å². The number of carbonyl (C=O) groups excluding carboxylic acids is 1. The maximum absolute atomic E-state index is 14.4. The Labute approximate surface area is 165 Å². The van der Waals surface area contributed by atoms with Crippen molar-refractivity contribution in [2.75, 3.05) is 12.4 Å². The molecule has 0 bridgehead atoms. The number of nitro benzene ring substituents is 1. The van der Waals surface area contributed by atoms with E-state index in [0.29, 0.717) is 17.0 Å². The molecule has 9 heteroatoms. The number of aromatic nitrogens is 1. The predicted molar refractivity (Wildman–Crippen MR) is 105 cm³/mol. The Morgan fingerprint density at radius 1 is 1.24 bits per heavy atom. The lowest BCUT2D eigenvalue weighted by Crippen LogP contribution is -2.20. The van der Waals surface area contributed by atoms with Crippen LogP contribution in [0, 0.1) is 15.9 Å². The summed E-state index contributed by atoms with van der Waals surface area (Å²) in [6, 6.07) is 11.7. The molecule has 1 amide bonds. The monoisotopic (exact) mass is 396 g/mol. The smallest absolute Gasteiger partial charge is 0.270 e. The van der Waals surface area contributed by atoms with Crippen LogP contribution < -0.4 is 15.4 Å². The number of carbonyl (C=O) groups is 1. The van der Waals surface area contributed by atoms with Crippen molar-refractivity contribution >= 4 is 17.3 Å². The first-order valence-electron chi connectivity index (χ1n) is 8.58. The Balaban J connectivity index is 1.75. The standard InChI is InChI=1S/C20H17FN4O4/c1-22-20(26)16-10-14(25(27)28)5-6-18(16)24-11-13-4-7-19(17(21)9-13)29-15-3-2-8-23-12-15/h2-10,12,24H,11H2,1H3,(H,22,26). The second-order valence-corrected chi connectivity index (χ2v) is 5.98. The van der Waals surface area contributed by atoms with Crippen LogP contribution in [0.25, 0.3) is 0 Å². The Morgan fingerprint density at radius 2 is 2.07 bits per heavy atom. The van der Waals surface area contributed by atoms with Crippen LogP contribution in [0.1, 0.15) is 15.9 Å². The van der Waals surface area contributed by atoms with Gasteiger partial charge in [0.25, 0.3) is 11.6 Å². The van der Waals surface area contributed by atoms with Gasteiger partial charge in [-0.3, -0.25) is 19.9 Å². The van der Waals surface area contributed by atoms with E-state index >= 15 is 0 Å². The number of amides is 1. The summed E-state index contributed by atoms with van der Waals surface area (Å²) >= 11 is 0. The molecule has 2 aromatic carbocycles. The van der Waals surface area contributed by atoms with Crippen molar-refractivity contribution in [2.45, 2.75) is 6.54 Å². The molecule has 0 aliphatic carbocycles. The van der Waals surface area contributed by atoms with Gasteiger partial charge in [-0.25, -0.2) is 4.39 Å². The highest BCUT2D eigenvalue weighted by atomic mass is 19.1. The summed E-state index contributed by atoms with van der Waals surface area (Å²) in [5.41, 5.74) is 0.920. The zero-order valence-corrected chi connectivity index (χ0v) is 15.4. The van der Waals surface area contributed by atoms with Gasteiger partial charge in [-0.1, -0.05) is 6.07 Å². The molecule has 0 aliphatic rings. The van der Waals surface area contributed by atoms with Crippen LogP contribution in [0.3, 0.4) is 0 Å². The van der Waals surface area contributed by atoms with Crippen LogP contribution >= 0.6 is 0 Å². The first-order chi connectivity index (χ1) is 14.0. The number of pyridine rings is 1. The molecule has 1 heterocycles. The minimum absolute atomic E-state index is 0.0585. The molecule has 2 N–H and O–H groups in total. The van der Waals surface area contributed by atoms with E-state index in [1.165, 1.54) is 43.6 Å². The highest BCUT2D eigenvalue weighted by Crippen LogP contribution is 2.26. The van der Waals surface area contributed by atoms with Crippen LogP contribution in [0.2, 0.25) is 0 Å². The van der Waals surface area contributed by atoms with Crippen LogP contribution in [0.15, 0.2) is 60.9 Å². The normalized spacial score (nSPS) is 10.3. The molecule has 0 unspecified atom stereocenters. The Morgan fingerprint density at radius 3 is 2.72 bits per heavy atom. The number of anilines is 1. The van der Waals surface area contributed by atoms with E-state index in [2.05, 4.69) is 15.6 Å². The second-order valence-electron chi connectivity index (χ2n) is 5.98. The van der Waals surface area contributed by atoms with Gasteiger partial charge in [-0.2, -0.15) is 0 Å². The third-order valence-electron chi connectivity index (χ3n) is 4.03. The Hall–Kier alpha value is -4.01. The molecule has 3 rings (SSSR count). The highest BCUT2D eigenvalue weighted by Gasteiger charge is 2.16. The number of nitrogens with zero attached hydrogens (tertiary/aromatic N) is 2. The fourth-order valence-corrected chi connectivity index (χ4v) is 2.59. The summed E-state index contributed by atoms with van der Waals surface area (Å²) in [5, 5.41) is 16.4. The third kappa shape index (κ3) is 4.83. The van der Waals surface area contributed by atoms with E-state index in [1.807, 2.05) is 0 Å². The van der Waals surface area contributed by atoms with Gasteiger partial charge in [0.15, 0.2) is 11.6 Å². The van der Waals surface area contributed by atoms with Gasteiger partial charge in [0, 0.05) is 37.6 Å². The van der Waals surface area contributed by atoms with Crippen LogP contribution in [-0.4, -0.2) is 22.9 Å². The van der Waals surface area contributed by atoms with E-state index in [9.17, 15) is 19.3 Å². The second kappa shape index (κ2) is 8.79. The molecule has 0 saturated heterocycles. The lowest BCUT2D eigenvalue weighted by atomic mass is 10.1. The number of nitrogens with one attached hydrogen (secondary N) is 2. The zero-order valence-electron chi connectivity index (χ0n) is 15.4. The average molecular weight is 396 g/mol. The molecule has 0 fully saturated rings. The predicted octanol–water partition coefficient (Wildman–Crippen LogP) is 3.89. The largest absolute Gasteiger partial charge is 0.453 e. The lowest BCUT2D eigenvalue weighted by Gasteiger charge is -2.12. The number of hydrogen-bond donors (Lipinski definition) is 2. The van der Waals surface area contributed by atoms with Gasteiger partial charge >= 0.3 is 0 Å².